The quantitative estimate of drug-likeness (QED) is 0.362. The van der Waals surface area contributed by atoms with Crippen molar-refractivity contribution < 1.29 is 19.1 Å². The van der Waals surface area contributed by atoms with Gasteiger partial charge >= 0.3 is 0 Å². The summed E-state index contributed by atoms with van der Waals surface area (Å²) in [4.78, 5) is 24.2. The average molecular weight is 241 g/mol. The number of nitrogens with zero attached hydrogens (tertiary/aromatic N) is 1. The number of carbonyl (C=O) groups is 2. The molecule has 1 fully saturated rings. The molecule has 17 heavy (non-hydrogen) atoms. The molecule has 5 heteroatoms. The van der Waals surface area contributed by atoms with Crippen molar-refractivity contribution in [1.82, 2.24) is 4.90 Å². The molecule has 0 aliphatic carbocycles. The van der Waals surface area contributed by atoms with Gasteiger partial charge < -0.3 is 9.47 Å². The highest BCUT2D eigenvalue weighted by atomic mass is 16.5. The molecule has 0 unspecified atom stereocenters. The van der Waals surface area contributed by atoms with Gasteiger partial charge in [-0.1, -0.05) is 6.58 Å². The molecule has 0 atom stereocenters. The fourth-order valence-corrected chi connectivity index (χ4v) is 1.63. The Morgan fingerprint density at radius 2 is 1.88 bits per heavy atom. The van der Waals surface area contributed by atoms with Crippen LogP contribution in [0.15, 0.2) is 12.8 Å². The van der Waals surface area contributed by atoms with Gasteiger partial charge in [0.05, 0.1) is 26.0 Å². The summed E-state index contributed by atoms with van der Waals surface area (Å²) >= 11 is 0. The van der Waals surface area contributed by atoms with Gasteiger partial charge in [-0.05, 0) is 6.42 Å². The van der Waals surface area contributed by atoms with Crippen molar-refractivity contribution in [3.8, 4) is 0 Å². The van der Waals surface area contributed by atoms with E-state index in [-0.39, 0.29) is 11.8 Å². The van der Waals surface area contributed by atoms with Crippen molar-refractivity contribution in [1.29, 1.82) is 0 Å². The number of hydrogen-bond acceptors (Lipinski definition) is 4. The van der Waals surface area contributed by atoms with E-state index in [2.05, 4.69) is 6.58 Å². The second kappa shape index (κ2) is 7.84. The van der Waals surface area contributed by atoms with Gasteiger partial charge in [0.15, 0.2) is 0 Å². The zero-order valence-corrected chi connectivity index (χ0v) is 10.0. The van der Waals surface area contributed by atoms with E-state index >= 15 is 0 Å². The third kappa shape index (κ3) is 4.99. The minimum absolute atomic E-state index is 0.0835. The van der Waals surface area contributed by atoms with E-state index in [0.29, 0.717) is 45.6 Å². The van der Waals surface area contributed by atoms with E-state index in [0.717, 1.165) is 6.42 Å². The molecule has 1 saturated heterocycles. The third-order valence-electron chi connectivity index (χ3n) is 2.51. The summed E-state index contributed by atoms with van der Waals surface area (Å²) in [6.07, 6.45) is 3.78. The normalized spacial score (nSPS) is 16.1. The molecule has 2 amide bonds. The molecule has 0 aromatic heterocycles. The van der Waals surface area contributed by atoms with Crippen LogP contribution in [0, 0.1) is 0 Å². The van der Waals surface area contributed by atoms with Crippen LogP contribution < -0.4 is 0 Å². The van der Waals surface area contributed by atoms with Crippen LogP contribution in [0.4, 0.5) is 0 Å². The summed E-state index contributed by atoms with van der Waals surface area (Å²) in [5, 5.41) is 0. The van der Waals surface area contributed by atoms with Gasteiger partial charge in [0.25, 0.3) is 0 Å². The predicted octanol–water partition coefficient (Wildman–Crippen LogP) is 1.09. The van der Waals surface area contributed by atoms with Gasteiger partial charge in [0.1, 0.15) is 0 Å². The van der Waals surface area contributed by atoms with E-state index in [1.165, 1.54) is 11.2 Å². The second-order valence-electron chi connectivity index (χ2n) is 3.80. The van der Waals surface area contributed by atoms with Gasteiger partial charge in [-0.25, -0.2) is 0 Å². The lowest BCUT2D eigenvalue weighted by Gasteiger charge is -2.24. The molecular formula is C12H19NO4. The second-order valence-corrected chi connectivity index (χ2v) is 3.80. The SMILES string of the molecule is C=COCCCOCCN1C(=O)CCCC1=O. The molecule has 0 saturated carbocycles. The van der Waals surface area contributed by atoms with E-state index in [1.807, 2.05) is 0 Å². The Balaban J connectivity index is 2.06. The molecular weight excluding hydrogens is 222 g/mol. The van der Waals surface area contributed by atoms with E-state index in [9.17, 15) is 9.59 Å². The van der Waals surface area contributed by atoms with Crippen molar-refractivity contribution in [2.75, 3.05) is 26.4 Å². The van der Waals surface area contributed by atoms with Crippen molar-refractivity contribution in [2.24, 2.45) is 0 Å². The maximum absolute atomic E-state index is 11.4. The summed E-state index contributed by atoms with van der Waals surface area (Å²) in [6.45, 7) is 5.32. The van der Waals surface area contributed by atoms with E-state index < -0.39 is 0 Å². The first-order valence-corrected chi connectivity index (χ1v) is 5.89. The van der Waals surface area contributed by atoms with Gasteiger partial charge in [-0.15, -0.1) is 0 Å². The summed E-state index contributed by atoms with van der Waals surface area (Å²) in [6, 6.07) is 0. The van der Waals surface area contributed by atoms with Crippen molar-refractivity contribution in [3.05, 3.63) is 12.8 Å². The van der Waals surface area contributed by atoms with Gasteiger partial charge in [-0.3, -0.25) is 14.5 Å². The Labute approximate surface area is 101 Å². The van der Waals surface area contributed by atoms with Crippen molar-refractivity contribution >= 4 is 11.8 Å². The summed E-state index contributed by atoms with van der Waals surface area (Å²) in [5.41, 5.74) is 0. The van der Waals surface area contributed by atoms with Crippen LogP contribution in [-0.4, -0.2) is 43.1 Å². The Morgan fingerprint density at radius 1 is 1.18 bits per heavy atom. The maximum atomic E-state index is 11.4. The zero-order valence-electron chi connectivity index (χ0n) is 10.0. The van der Waals surface area contributed by atoms with Crippen LogP contribution in [0.25, 0.3) is 0 Å². The van der Waals surface area contributed by atoms with Crippen LogP contribution in [-0.2, 0) is 19.1 Å². The first-order valence-electron chi connectivity index (χ1n) is 5.89. The summed E-state index contributed by atoms with van der Waals surface area (Å²) < 4.78 is 10.2. The predicted molar refractivity (Wildman–Crippen MR) is 62.2 cm³/mol. The van der Waals surface area contributed by atoms with Crippen LogP contribution in [0.2, 0.25) is 0 Å². The molecule has 0 N–H and O–H groups in total. The fraction of sp³-hybridized carbons (Fsp3) is 0.667. The first kappa shape index (κ1) is 13.7. The molecule has 0 radical (unpaired) electrons. The number of piperidine rings is 1. The molecule has 0 spiro atoms. The van der Waals surface area contributed by atoms with Gasteiger partial charge in [0, 0.05) is 25.9 Å². The first-order chi connectivity index (χ1) is 8.25. The minimum atomic E-state index is -0.0835. The molecule has 96 valence electrons. The van der Waals surface area contributed by atoms with Gasteiger partial charge in [-0.2, -0.15) is 0 Å². The number of ether oxygens (including phenoxy) is 2. The highest BCUT2D eigenvalue weighted by Crippen LogP contribution is 2.11. The molecule has 1 aliphatic heterocycles. The number of carbonyl (C=O) groups excluding carboxylic acids is 2. The Kier molecular flexibility index (Phi) is 6.32. The number of hydrogen-bond donors (Lipinski definition) is 0. The molecule has 1 heterocycles. The number of imide groups is 1. The average Bonchev–Trinajstić information content (AvgIpc) is 2.31. The smallest absolute Gasteiger partial charge is 0.229 e. The van der Waals surface area contributed by atoms with Crippen LogP contribution in [0.3, 0.4) is 0 Å². The van der Waals surface area contributed by atoms with Gasteiger partial charge in [0.2, 0.25) is 11.8 Å². The topological polar surface area (TPSA) is 55.8 Å². The standard InChI is InChI=1S/C12H19NO4/c1-2-16-8-4-9-17-10-7-13-11(14)5-3-6-12(13)15/h2H,1,3-10H2. The van der Waals surface area contributed by atoms with E-state index in [4.69, 9.17) is 9.47 Å². The molecule has 1 aliphatic rings. The Bertz CT molecular complexity index is 262. The Hall–Kier alpha value is -1.36. The maximum Gasteiger partial charge on any atom is 0.229 e. The Morgan fingerprint density at radius 3 is 2.53 bits per heavy atom. The zero-order chi connectivity index (χ0) is 12.5. The van der Waals surface area contributed by atoms with Crippen LogP contribution in [0.1, 0.15) is 25.7 Å². The molecule has 0 aromatic carbocycles. The molecule has 0 aromatic rings. The molecule has 0 bridgehead atoms. The van der Waals surface area contributed by atoms with Crippen LogP contribution >= 0.6 is 0 Å². The van der Waals surface area contributed by atoms with E-state index in [1.54, 1.807) is 0 Å². The highest BCUT2D eigenvalue weighted by molar-refractivity contribution is 5.97. The largest absolute Gasteiger partial charge is 0.502 e. The summed E-state index contributed by atoms with van der Waals surface area (Å²) in [5.74, 6) is -0.167. The van der Waals surface area contributed by atoms with Crippen LogP contribution in [0.5, 0.6) is 0 Å². The van der Waals surface area contributed by atoms with Crippen molar-refractivity contribution in [3.63, 3.8) is 0 Å². The monoisotopic (exact) mass is 241 g/mol. The molecule has 1 rings (SSSR count). The number of amides is 2. The van der Waals surface area contributed by atoms with Crippen molar-refractivity contribution in [2.45, 2.75) is 25.7 Å². The lowest BCUT2D eigenvalue weighted by atomic mass is 10.1. The third-order valence-corrected chi connectivity index (χ3v) is 2.51. The molecule has 5 nitrogen and oxygen atoms in total. The lowest BCUT2D eigenvalue weighted by molar-refractivity contribution is -0.148. The highest BCUT2D eigenvalue weighted by Gasteiger charge is 2.24. The number of likely N-dealkylation sites (tertiary alicyclic amines) is 1. The number of rotatable bonds is 8. The fourth-order valence-electron chi connectivity index (χ4n) is 1.63. The minimum Gasteiger partial charge on any atom is -0.502 e. The lowest BCUT2D eigenvalue weighted by Crippen LogP contribution is -2.42. The summed E-state index contributed by atoms with van der Waals surface area (Å²) in [7, 11) is 0.